The molecule has 0 atom stereocenters. The van der Waals surface area contributed by atoms with Crippen LogP contribution in [-0.2, 0) is 7.05 Å². The second kappa shape index (κ2) is 5.01. The van der Waals surface area contributed by atoms with Gasteiger partial charge in [-0.25, -0.2) is 4.79 Å². The number of hydrogen-bond acceptors (Lipinski definition) is 4. The van der Waals surface area contributed by atoms with Crippen LogP contribution in [0, 0.1) is 11.3 Å². The highest BCUT2D eigenvalue weighted by atomic mass is 16.6. The zero-order valence-electron chi connectivity index (χ0n) is 9.62. The van der Waals surface area contributed by atoms with Crippen molar-refractivity contribution in [2.75, 3.05) is 5.32 Å². The van der Waals surface area contributed by atoms with Crippen molar-refractivity contribution in [2.24, 2.45) is 7.05 Å². The number of aromatic nitrogens is 2. The van der Waals surface area contributed by atoms with E-state index in [1.807, 2.05) is 12.1 Å². The quantitative estimate of drug-likeness (QED) is 0.872. The Labute approximate surface area is 103 Å². The topological polar surface area (TPSA) is 79.9 Å². The summed E-state index contributed by atoms with van der Waals surface area (Å²) in [6, 6.07) is 10.6. The Hall–Kier alpha value is -2.81. The highest BCUT2D eigenvalue weighted by Gasteiger charge is 2.12. The molecule has 1 aromatic carbocycles. The molecule has 0 saturated heterocycles. The number of ether oxygens (including phenoxy) is 1. The summed E-state index contributed by atoms with van der Waals surface area (Å²) in [5, 5.41) is 15.2. The molecule has 0 radical (unpaired) electrons. The van der Waals surface area contributed by atoms with Crippen LogP contribution in [0.25, 0.3) is 0 Å². The first-order chi connectivity index (χ1) is 8.70. The molecule has 2 rings (SSSR count). The third-order valence-corrected chi connectivity index (χ3v) is 2.23. The van der Waals surface area contributed by atoms with Crippen LogP contribution in [0.2, 0.25) is 0 Å². The molecule has 0 aliphatic rings. The second-order valence-corrected chi connectivity index (χ2v) is 3.47. The molecule has 1 N–H and O–H groups in total. The van der Waals surface area contributed by atoms with Gasteiger partial charge in [-0.2, -0.15) is 10.4 Å². The summed E-state index contributed by atoms with van der Waals surface area (Å²) in [5.41, 5.74) is 0.280. The molecule has 1 heterocycles. The number of amides is 1. The summed E-state index contributed by atoms with van der Waals surface area (Å²) < 4.78 is 6.44. The molecule has 90 valence electrons. The molecular formula is C12H10N4O2. The number of benzene rings is 1. The summed E-state index contributed by atoms with van der Waals surface area (Å²) >= 11 is 0. The van der Waals surface area contributed by atoms with E-state index in [2.05, 4.69) is 10.4 Å². The van der Waals surface area contributed by atoms with Crippen LogP contribution in [0.15, 0.2) is 36.5 Å². The van der Waals surface area contributed by atoms with Gasteiger partial charge in [-0.15, -0.1) is 0 Å². The molecule has 0 unspecified atom stereocenters. The van der Waals surface area contributed by atoms with Crippen molar-refractivity contribution < 1.29 is 9.53 Å². The number of nitrogens with one attached hydrogen (secondary N) is 1. The van der Waals surface area contributed by atoms with Crippen LogP contribution in [0.5, 0.6) is 5.75 Å². The number of rotatable bonds is 2. The van der Waals surface area contributed by atoms with Crippen LogP contribution in [0.3, 0.4) is 0 Å². The van der Waals surface area contributed by atoms with Crippen molar-refractivity contribution in [2.45, 2.75) is 0 Å². The first-order valence-electron chi connectivity index (χ1n) is 5.16. The smallest absolute Gasteiger partial charge is 0.410 e. The lowest BCUT2D eigenvalue weighted by molar-refractivity contribution is 0.215. The standard InChI is InChI=1S/C12H10N4O2/c1-16-11(9(7-13)8-14-16)15-12(17)18-10-5-3-2-4-6-10/h2-6,8H,1H3,(H,15,17). The first kappa shape index (κ1) is 11.7. The van der Waals surface area contributed by atoms with Gasteiger partial charge in [0.25, 0.3) is 0 Å². The third-order valence-electron chi connectivity index (χ3n) is 2.23. The molecule has 0 spiro atoms. The van der Waals surface area contributed by atoms with Crippen molar-refractivity contribution in [3.63, 3.8) is 0 Å². The summed E-state index contributed by atoms with van der Waals surface area (Å²) in [4.78, 5) is 11.6. The van der Waals surface area contributed by atoms with Crippen LogP contribution in [-0.4, -0.2) is 15.9 Å². The van der Waals surface area contributed by atoms with Gasteiger partial charge in [-0.05, 0) is 12.1 Å². The molecule has 0 saturated carbocycles. The predicted octanol–water partition coefficient (Wildman–Crippen LogP) is 1.90. The lowest BCUT2D eigenvalue weighted by atomic mass is 10.3. The Morgan fingerprint density at radius 1 is 1.44 bits per heavy atom. The molecule has 1 amide bonds. The number of nitriles is 1. The van der Waals surface area contributed by atoms with Crippen molar-refractivity contribution >= 4 is 11.9 Å². The van der Waals surface area contributed by atoms with E-state index in [-0.39, 0.29) is 5.56 Å². The Morgan fingerprint density at radius 2 is 2.17 bits per heavy atom. The van der Waals surface area contributed by atoms with E-state index < -0.39 is 6.09 Å². The lowest BCUT2D eigenvalue weighted by Gasteiger charge is -2.06. The number of anilines is 1. The highest BCUT2D eigenvalue weighted by Crippen LogP contribution is 2.14. The number of hydrogen-bond donors (Lipinski definition) is 1. The fraction of sp³-hybridized carbons (Fsp3) is 0.0833. The molecule has 6 nitrogen and oxygen atoms in total. The molecular weight excluding hydrogens is 232 g/mol. The fourth-order valence-electron chi connectivity index (χ4n) is 1.39. The lowest BCUT2D eigenvalue weighted by Crippen LogP contribution is -2.19. The number of carbonyl (C=O) groups excluding carboxylic acids is 1. The van der Waals surface area contributed by atoms with Crippen LogP contribution in [0.1, 0.15) is 5.56 Å². The van der Waals surface area contributed by atoms with Gasteiger partial charge in [-0.3, -0.25) is 10.00 Å². The predicted molar refractivity (Wildman–Crippen MR) is 64.0 cm³/mol. The van der Waals surface area contributed by atoms with Crippen LogP contribution < -0.4 is 10.1 Å². The fourth-order valence-corrected chi connectivity index (χ4v) is 1.39. The SMILES string of the molecule is Cn1ncc(C#N)c1NC(=O)Oc1ccccc1. The number of para-hydroxylation sites is 1. The van der Waals surface area contributed by atoms with Gasteiger partial charge in [0.1, 0.15) is 17.4 Å². The average molecular weight is 242 g/mol. The largest absolute Gasteiger partial charge is 0.418 e. The summed E-state index contributed by atoms with van der Waals surface area (Å²) in [6.07, 6.45) is 0.708. The second-order valence-electron chi connectivity index (χ2n) is 3.47. The van der Waals surface area contributed by atoms with E-state index in [9.17, 15) is 4.79 Å². The zero-order valence-corrected chi connectivity index (χ0v) is 9.62. The molecule has 1 aromatic heterocycles. The average Bonchev–Trinajstić information content (AvgIpc) is 2.72. The maximum atomic E-state index is 11.6. The Bertz CT molecular complexity index is 598. The maximum Gasteiger partial charge on any atom is 0.418 e. The zero-order chi connectivity index (χ0) is 13.0. The van der Waals surface area contributed by atoms with Crippen molar-refractivity contribution in [1.82, 2.24) is 9.78 Å². The Balaban J connectivity index is 2.08. The van der Waals surface area contributed by atoms with E-state index in [4.69, 9.17) is 10.00 Å². The van der Waals surface area contributed by atoms with Crippen LogP contribution >= 0.6 is 0 Å². The minimum atomic E-state index is -0.665. The highest BCUT2D eigenvalue weighted by molar-refractivity contribution is 5.86. The number of nitrogens with zero attached hydrogens (tertiary/aromatic N) is 3. The van der Waals surface area contributed by atoms with Gasteiger partial charge in [0.15, 0.2) is 5.82 Å². The molecule has 0 bridgehead atoms. The summed E-state index contributed by atoms with van der Waals surface area (Å²) in [7, 11) is 1.62. The maximum absolute atomic E-state index is 11.6. The van der Waals surface area contributed by atoms with Crippen molar-refractivity contribution in [3.8, 4) is 11.8 Å². The van der Waals surface area contributed by atoms with E-state index in [1.54, 1.807) is 31.3 Å². The molecule has 0 aliphatic heterocycles. The number of carbonyl (C=O) groups is 1. The normalized spacial score (nSPS) is 9.56. The minimum Gasteiger partial charge on any atom is -0.410 e. The van der Waals surface area contributed by atoms with E-state index >= 15 is 0 Å². The van der Waals surface area contributed by atoms with Crippen LogP contribution in [0.4, 0.5) is 10.6 Å². The monoisotopic (exact) mass is 242 g/mol. The molecule has 2 aromatic rings. The van der Waals surface area contributed by atoms with E-state index in [1.165, 1.54) is 10.9 Å². The summed E-state index contributed by atoms with van der Waals surface area (Å²) in [5.74, 6) is 0.731. The minimum absolute atomic E-state index is 0.280. The van der Waals surface area contributed by atoms with Crippen molar-refractivity contribution in [3.05, 3.63) is 42.1 Å². The van der Waals surface area contributed by atoms with Gasteiger partial charge in [-0.1, -0.05) is 18.2 Å². The Morgan fingerprint density at radius 3 is 2.83 bits per heavy atom. The van der Waals surface area contributed by atoms with Gasteiger partial charge >= 0.3 is 6.09 Å². The number of aryl methyl sites for hydroxylation is 1. The Kier molecular flexibility index (Phi) is 3.25. The van der Waals surface area contributed by atoms with Gasteiger partial charge < -0.3 is 4.74 Å². The molecule has 0 fully saturated rings. The molecule has 18 heavy (non-hydrogen) atoms. The molecule has 6 heteroatoms. The van der Waals surface area contributed by atoms with Gasteiger partial charge in [0.05, 0.1) is 6.20 Å². The van der Waals surface area contributed by atoms with E-state index in [0.717, 1.165) is 0 Å². The van der Waals surface area contributed by atoms with Gasteiger partial charge in [0, 0.05) is 7.05 Å². The van der Waals surface area contributed by atoms with E-state index in [0.29, 0.717) is 11.6 Å². The summed E-state index contributed by atoms with van der Waals surface area (Å²) in [6.45, 7) is 0. The van der Waals surface area contributed by atoms with Crippen molar-refractivity contribution in [1.29, 1.82) is 5.26 Å². The first-order valence-corrected chi connectivity index (χ1v) is 5.16. The third kappa shape index (κ3) is 2.47. The van der Waals surface area contributed by atoms with Gasteiger partial charge in [0.2, 0.25) is 0 Å². The molecule has 0 aliphatic carbocycles.